The number of benzene rings is 1. The van der Waals surface area contributed by atoms with Crippen molar-refractivity contribution in [3.05, 3.63) is 93.0 Å². The molecule has 1 aromatic carbocycles. The Hall–Kier alpha value is -3.45. The van der Waals surface area contributed by atoms with E-state index in [1.54, 1.807) is 23.5 Å². The fourth-order valence-electron chi connectivity index (χ4n) is 3.97. The fraction of sp³-hybridized carbons (Fsp3) is 0.296. The maximum atomic E-state index is 12.8. The summed E-state index contributed by atoms with van der Waals surface area (Å²) in [7, 11) is 0. The largest absolute Gasteiger partial charge is 0.459 e. The molecule has 1 atom stereocenters. The Labute approximate surface area is 204 Å². The Balaban J connectivity index is 1.80. The second-order valence-corrected chi connectivity index (χ2v) is 10.1. The van der Waals surface area contributed by atoms with Crippen molar-refractivity contribution >= 4 is 28.2 Å². The normalized spacial score (nSPS) is 12.1. The van der Waals surface area contributed by atoms with Crippen molar-refractivity contribution < 1.29 is 9.21 Å². The highest BCUT2D eigenvalue weighted by Gasteiger charge is 2.26. The minimum atomic E-state index is -0.274. The second kappa shape index (κ2) is 9.81. The summed E-state index contributed by atoms with van der Waals surface area (Å²) in [5.41, 5.74) is 6.26. The van der Waals surface area contributed by atoms with Crippen molar-refractivity contribution in [1.82, 2.24) is 9.97 Å². The maximum Gasteiger partial charge on any atom is 0.291 e. The molecule has 0 radical (unpaired) electrons. The fourth-order valence-corrected chi connectivity index (χ4v) is 5.07. The zero-order valence-corrected chi connectivity index (χ0v) is 21.2. The summed E-state index contributed by atoms with van der Waals surface area (Å²) in [5, 5.41) is 7.41. The van der Waals surface area contributed by atoms with E-state index in [-0.39, 0.29) is 17.7 Å². The molecule has 0 aliphatic rings. The van der Waals surface area contributed by atoms with Crippen LogP contribution in [-0.4, -0.2) is 15.9 Å². The highest BCUT2D eigenvalue weighted by molar-refractivity contribution is 7.16. The summed E-state index contributed by atoms with van der Waals surface area (Å²) in [6.45, 7) is 12.4. The van der Waals surface area contributed by atoms with Crippen LogP contribution in [0.25, 0.3) is 0 Å². The Kier molecular flexibility index (Phi) is 6.84. The molecule has 1 amide bonds. The zero-order valence-electron chi connectivity index (χ0n) is 20.4. The van der Waals surface area contributed by atoms with E-state index in [4.69, 9.17) is 4.42 Å². The van der Waals surface area contributed by atoms with E-state index in [9.17, 15) is 4.79 Å². The van der Waals surface area contributed by atoms with Gasteiger partial charge in [0, 0.05) is 21.8 Å². The molecule has 0 aliphatic heterocycles. The number of rotatable bonds is 7. The molecule has 0 spiro atoms. The van der Waals surface area contributed by atoms with Crippen LogP contribution in [-0.2, 0) is 0 Å². The van der Waals surface area contributed by atoms with E-state index in [0.29, 0.717) is 11.9 Å². The van der Waals surface area contributed by atoms with E-state index < -0.39 is 0 Å². The Bertz CT molecular complexity index is 1270. The SMILES string of the molecule is Cc1cc(C)nc(N[C@H](c2ccc(C(C)C)cc2)c2c(NC(=O)c3ccco3)sc(C)c2C)n1. The molecule has 3 aromatic heterocycles. The van der Waals surface area contributed by atoms with Gasteiger partial charge in [0.1, 0.15) is 5.00 Å². The van der Waals surface area contributed by atoms with Gasteiger partial charge < -0.3 is 15.1 Å². The number of thiophene rings is 1. The number of carbonyl (C=O) groups is 1. The van der Waals surface area contributed by atoms with Crippen molar-refractivity contribution in [3.63, 3.8) is 0 Å². The van der Waals surface area contributed by atoms with Crippen molar-refractivity contribution in [3.8, 4) is 0 Å². The maximum absolute atomic E-state index is 12.8. The predicted octanol–water partition coefficient (Wildman–Crippen LogP) is 6.94. The molecule has 2 N–H and O–H groups in total. The lowest BCUT2D eigenvalue weighted by Gasteiger charge is -2.22. The van der Waals surface area contributed by atoms with Crippen LogP contribution in [0.1, 0.15) is 74.9 Å². The van der Waals surface area contributed by atoms with Gasteiger partial charge in [0.15, 0.2) is 5.76 Å². The molecule has 4 aromatic rings. The molecule has 6 nitrogen and oxygen atoms in total. The van der Waals surface area contributed by atoms with E-state index in [0.717, 1.165) is 38.0 Å². The molecular formula is C27H30N4O2S. The number of nitrogens with zero attached hydrogens (tertiary/aromatic N) is 2. The number of aryl methyl sites for hydroxylation is 3. The highest BCUT2D eigenvalue weighted by Crippen LogP contribution is 2.41. The van der Waals surface area contributed by atoms with Gasteiger partial charge in [-0.2, -0.15) is 0 Å². The molecule has 4 rings (SSSR count). The second-order valence-electron chi connectivity index (χ2n) is 8.83. The lowest BCUT2D eigenvalue weighted by molar-refractivity contribution is 0.0997. The van der Waals surface area contributed by atoms with Crippen LogP contribution in [0.2, 0.25) is 0 Å². The first-order valence-corrected chi connectivity index (χ1v) is 12.2. The third-order valence-corrected chi connectivity index (χ3v) is 7.02. The number of nitrogens with one attached hydrogen (secondary N) is 2. The molecular weight excluding hydrogens is 444 g/mol. The zero-order chi connectivity index (χ0) is 24.4. The third-order valence-electron chi connectivity index (χ3n) is 5.88. The van der Waals surface area contributed by atoms with Crippen molar-refractivity contribution in [2.45, 2.75) is 53.5 Å². The molecule has 34 heavy (non-hydrogen) atoms. The third kappa shape index (κ3) is 5.04. The first-order valence-electron chi connectivity index (χ1n) is 11.4. The standard InChI is InChI=1S/C27H30N4O2S/c1-15(2)20-9-11-21(12-10-20)24(30-27-28-16(3)14-17(4)29-27)23-18(5)19(6)34-26(23)31-25(32)22-8-7-13-33-22/h7-15,24H,1-6H3,(H,31,32)(H,28,29,30)/t24-/m1/s1. The van der Waals surface area contributed by atoms with E-state index in [1.807, 2.05) is 19.9 Å². The molecule has 0 aliphatic carbocycles. The van der Waals surface area contributed by atoms with Crippen LogP contribution in [0.4, 0.5) is 10.9 Å². The van der Waals surface area contributed by atoms with Crippen molar-refractivity contribution in [2.75, 3.05) is 10.6 Å². The smallest absolute Gasteiger partial charge is 0.291 e. The number of amides is 1. The highest BCUT2D eigenvalue weighted by atomic mass is 32.1. The van der Waals surface area contributed by atoms with Crippen molar-refractivity contribution in [1.29, 1.82) is 0 Å². The van der Waals surface area contributed by atoms with Gasteiger partial charge >= 0.3 is 0 Å². The number of furan rings is 1. The number of hydrogen-bond donors (Lipinski definition) is 2. The van der Waals surface area contributed by atoms with Crippen LogP contribution in [0.15, 0.2) is 53.1 Å². The molecule has 7 heteroatoms. The van der Waals surface area contributed by atoms with Gasteiger partial charge in [-0.25, -0.2) is 9.97 Å². The van der Waals surface area contributed by atoms with Gasteiger partial charge in [0.2, 0.25) is 5.95 Å². The number of anilines is 2. The molecule has 0 bridgehead atoms. The monoisotopic (exact) mass is 474 g/mol. The molecule has 0 saturated carbocycles. The molecule has 3 heterocycles. The summed E-state index contributed by atoms with van der Waals surface area (Å²) >= 11 is 1.56. The van der Waals surface area contributed by atoms with Crippen LogP contribution in [0, 0.1) is 27.7 Å². The molecule has 176 valence electrons. The summed E-state index contributed by atoms with van der Waals surface area (Å²) < 4.78 is 5.30. The van der Waals surface area contributed by atoms with Crippen LogP contribution >= 0.6 is 11.3 Å². The first-order chi connectivity index (χ1) is 16.2. The van der Waals surface area contributed by atoms with Gasteiger partial charge in [-0.15, -0.1) is 11.3 Å². The predicted molar refractivity (Wildman–Crippen MR) is 138 cm³/mol. The summed E-state index contributed by atoms with van der Waals surface area (Å²) in [5.74, 6) is 1.00. The van der Waals surface area contributed by atoms with E-state index >= 15 is 0 Å². The minimum Gasteiger partial charge on any atom is -0.459 e. The minimum absolute atomic E-state index is 0.251. The van der Waals surface area contributed by atoms with Crippen LogP contribution < -0.4 is 10.6 Å². The molecule has 0 saturated heterocycles. The van der Waals surface area contributed by atoms with Crippen LogP contribution in [0.5, 0.6) is 0 Å². The van der Waals surface area contributed by atoms with Gasteiger partial charge in [0.05, 0.1) is 12.3 Å². The quantitative estimate of drug-likeness (QED) is 0.303. The lowest BCUT2D eigenvalue weighted by Crippen LogP contribution is -2.18. The molecule has 0 unspecified atom stereocenters. The summed E-state index contributed by atoms with van der Waals surface area (Å²) in [6, 6.07) is 13.7. The number of hydrogen-bond acceptors (Lipinski definition) is 6. The molecule has 0 fully saturated rings. The first kappa shape index (κ1) is 23.7. The van der Waals surface area contributed by atoms with Gasteiger partial charge in [-0.3, -0.25) is 4.79 Å². The van der Waals surface area contributed by atoms with Crippen molar-refractivity contribution in [2.24, 2.45) is 0 Å². The summed E-state index contributed by atoms with van der Waals surface area (Å²) in [6.07, 6.45) is 1.50. The Morgan fingerprint density at radius 3 is 2.21 bits per heavy atom. The van der Waals surface area contributed by atoms with Gasteiger partial charge in [-0.05, 0) is 68.5 Å². The van der Waals surface area contributed by atoms with E-state index in [2.05, 4.69) is 72.6 Å². The topological polar surface area (TPSA) is 80.0 Å². The number of carbonyl (C=O) groups excluding carboxylic acids is 1. The lowest BCUT2D eigenvalue weighted by atomic mass is 9.94. The van der Waals surface area contributed by atoms with Gasteiger partial charge in [-0.1, -0.05) is 38.1 Å². The van der Waals surface area contributed by atoms with Crippen LogP contribution in [0.3, 0.4) is 0 Å². The Morgan fingerprint density at radius 2 is 1.62 bits per heavy atom. The van der Waals surface area contributed by atoms with Gasteiger partial charge in [0.25, 0.3) is 5.91 Å². The number of aromatic nitrogens is 2. The average Bonchev–Trinajstić information content (AvgIpc) is 3.41. The average molecular weight is 475 g/mol. The van der Waals surface area contributed by atoms with E-state index in [1.165, 1.54) is 11.8 Å². The summed E-state index contributed by atoms with van der Waals surface area (Å²) in [4.78, 5) is 23.2. The Morgan fingerprint density at radius 1 is 0.971 bits per heavy atom.